The summed E-state index contributed by atoms with van der Waals surface area (Å²) in [5.41, 5.74) is 4.41. The molecule has 1 N–H and O–H groups in total. The molecule has 2 heterocycles. The molecule has 1 aliphatic heterocycles. The van der Waals surface area contributed by atoms with E-state index in [0.717, 1.165) is 36.0 Å². The van der Waals surface area contributed by atoms with E-state index in [0.29, 0.717) is 0 Å². The van der Waals surface area contributed by atoms with Crippen LogP contribution in [0, 0.1) is 25.7 Å². The highest BCUT2D eigenvalue weighted by atomic mass is 16.2. The summed E-state index contributed by atoms with van der Waals surface area (Å²) in [7, 11) is 0. The molecule has 1 saturated carbocycles. The molecule has 2 aliphatic rings. The van der Waals surface area contributed by atoms with E-state index in [2.05, 4.69) is 35.9 Å². The highest BCUT2D eigenvalue weighted by molar-refractivity contribution is 5.99. The van der Waals surface area contributed by atoms with Gasteiger partial charge in [-0.2, -0.15) is 0 Å². The van der Waals surface area contributed by atoms with E-state index in [4.69, 9.17) is 0 Å². The van der Waals surface area contributed by atoms with E-state index in [-0.39, 0.29) is 5.91 Å². The van der Waals surface area contributed by atoms with Crippen LogP contribution in [0.5, 0.6) is 0 Å². The van der Waals surface area contributed by atoms with E-state index in [1.807, 2.05) is 6.07 Å². The second-order valence-corrected chi connectivity index (χ2v) is 7.48. The molecule has 1 saturated heterocycles. The summed E-state index contributed by atoms with van der Waals surface area (Å²) < 4.78 is 0. The molecule has 4 rings (SSSR count). The number of nitrogens with zero attached hydrogens (tertiary/aromatic N) is 1. The third kappa shape index (κ3) is 2.56. The molecule has 1 aliphatic carbocycles. The maximum absolute atomic E-state index is 13.0. The van der Waals surface area contributed by atoms with E-state index in [1.54, 1.807) is 0 Å². The van der Waals surface area contributed by atoms with E-state index >= 15 is 0 Å². The number of carbonyl (C=O) groups excluding carboxylic acids is 1. The first-order valence-corrected chi connectivity index (χ1v) is 9.01. The molecule has 122 valence electrons. The van der Waals surface area contributed by atoms with Crippen molar-refractivity contribution >= 4 is 16.8 Å². The number of likely N-dealkylation sites (tertiary alicyclic amines) is 1. The number of H-pyrrole nitrogens is 1. The van der Waals surface area contributed by atoms with Gasteiger partial charge in [0.25, 0.3) is 5.91 Å². The zero-order chi connectivity index (χ0) is 16.0. The van der Waals surface area contributed by atoms with E-state index in [1.165, 1.54) is 48.7 Å². The third-order valence-corrected chi connectivity index (χ3v) is 6.13. The van der Waals surface area contributed by atoms with Gasteiger partial charge in [0.2, 0.25) is 0 Å². The molecule has 1 aromatic carbocycles. The van der Waals surface area contributed by atoms with Gasteiger partial charge in [-0.25, -0.2) is 0 Å². The highest BCUT2D eigenvalue weighted by Crippen LogP contribution is 2.36. The average Bonchev–Trinajstić information content (AvgIpc) is 2.88. The van der Waals surface area contributed by atoms with Crippen molar-refractivity contribution in [2.75, 3.05) is 13.1 Å². The summed E-state index contributed by atoms with van der Waals surface area (Å²) in [5, 5.41) is 1.18. The van der Waals surface area contributed by atoms with Crippen molar-refractivity contribution in [1.82, 2.24) is 9.88 Å². The second-order valence-electron chi connectivity index (χ2n) is 7.48. The molecule has 3 heteroatoms. The van der Waals surface area contributed by atoms with E-state index in [9.17, 15) is 4.79 Å². The van der Waals surface area contributed by atoms with Crippen molar-refractivity contribution in [3.63, 3.8) is 0 Å². The summed E-state index contributed by atoms with van der Waals surface area (Å²) in [4.78, 5) is 18.4. The molecule has 2 aromatic rings. The van der Waals surface area contributed by atoms with Crippen molar-refractivity contribution in [3.8, 4) is 0 Å². The van der Waals surface area contributed by atoms with Crippen molar-refractivity contribution in [3.05, 3.63) is 35.0 Å². The predicted molar refractivity (Wildman–Crippen MR) is 93.7 cm³/mol. The number of carbonyl (C=O) groups is 1. The Labute approximate surface area is 138 Å². The van der Waals surface area contributed by atoms with Crippen LogP contribution >= 0.6 is 0 Å². The van der Waals surface area contributed by atoms with Crippen molar-refractivity contribution in [2.45, 2.75) is 46.0 Å². The van der Waals surface area contributed by atoms with Crippen LogP contribution in [0.4, 0.5) is 0 Å². The van der Waals surface area contributed by atoms with Gasteiger partial charge in [0.1, 0.15) is 0 Å². The molecule has 1 amide bonds. The fourth-order valence-electron chi connectivity index (χ4n) is 4.56. The van der Waals surface area contributed by atoms with Crippen LogP contribution in [0.1, 0.15) is 53.7 Å². The zero-order valence-electron chi connectivity index (χ0n) is 14.2. The van der Waals surface area contributed by atoms with E-state index < -0.39 is 0 Å². The van der Waals surface area contributed by atoms with Crippen molar-refractivity contribution < 1.29 is 4.79 Å². The number of aromatic nitrogens is 1. The Hall–Kier alpha value is -1.77. The summed E-state index contributed by atoms with van der Waals surface area (Å²) >= 11 is 0. The van der Waals surface area contributed by atoms with Crippen LogP contribution in [0.2, 0.25) is 0 Å². The van der Waals surface area contributed by atoms with Gasteiger partial charge in [0.15, 0.2) is 0 Å². The van der Waals surface area contributed by atoms with Gasteiger partial charge in [-0.1, -0.05) is 19.3 Å². The topological polar surface area (TPSA) is 36.1 Å². The smallest absolute Gasteiger partial charge is 0.253 e. The minimum Gasteiger partial charge on any atom is -0.358 e. The zero-order valence-corrected chi connectivity index (χ0v) is 14.2. The van der Waals surface area contributed by atoms with Crippen molar-refractivity contribution in [2.24, 2.45) is 11.8 Å². The Morgan fingerprint density at radius 2 is 1.91 bits per heavy atom. The largest absolute Gasteiger partial charge is 0.358 e. The lowest BCUT2D eigenvalue weighted by atomic mass is 9.75. The number of amides is 1. The minimum absolute atomic E-state index is 0.217. The Morgan fingerprint density at radius 3 is 2.74 bits per heavy atom. The Bertz CT molecular complexity index is 745. The maximum atomic E-state index is 13.0. The van der Waals surface area contributed by atoms with Gasteiger partial charge >= 0.3 is 0 Å². The number of nitrogens with one attached hydrogen (secondary N) is 1. The average molecular weight is 310 g/mol. The molecular formula is C20H26N2O. The van der Waals surface area contributed by atoms with Gasteiger partial charge in [-0.15, -0.1) is 0 Å². The highest BCUT2D eigenvalue weighted by Gasteiger charge is 2.33. The van der Waals surface area contributed by atoms with Gasteiger partial charge in [-0.3, -0.25) is 4.79 Å². The first-order chi connectivity index (χ1) is 11.1. The van der Waals surface area contributed by atoms with Gasteiger partial charge in [0, 0.05) is 35.2 Å². The van der Waals surface area contributed by atoms with Crippen LogP contribution in [-0.2, 0) is 0 Å². The molecular weight excluding hydrogens is 284 g/mol. The number of aryl methyl sites for hydroxylation is 2. The summed E-state index contributed by atoms with van der Waals surface area (Å²) in [6, 6.07) is 6.10. The van der Waals surface area contributed by atoms with Crippen LogP contribution in [0.15, 0.2) is 18.2 Å². The third-order valence-electron chi connectivity index (χ3n) is 6.13. The second kappa shape index (κ2) is 5.70. The number of benzene rings is 1. The lowest BCUT2D eigenvalue weighted by Gasteiger charge is -2.41. The molecule has 0 spiro atoms. The Morgan fingerprint density at radius 1 is 1.13 bits per heavy atom. The normalized spacial score (nSPS) is 24.7. The van der Waals surface area contributed by atoms with Crippen LogP contribution in [-0.4, -0.2) is 28.9 Å². The monoisotopic (exact) mass is 310 g/mol. The first-order valence-electron chi connectivity index (χ1n) is 9.01. The number of rotatable bonds is 1. The molecule has 0 radical (unpaired) electrons. The molecule has 0 bridgehead atoms. The number of piperidine rings is 1. The first kappa shape index (κ1) is 14.8. The van der Waals surface area contributed by atoms with Crippen LogP contribution in [0.25, 0.3) is 10.9 Å². The molecule has 0 unspecified atom stereocenters. The molecule has 2 fully saturated rings. The Kier molecular flexibility index (Phi) is 3.67. The maximum Gasteiger partial charge on any atom is 0.253 e. The summed E-state index contributed by atoms with van der Waals surface area (Å²) in [6.07, 6.45) is 6.61. The lowest BCUT2D eigenvalue weighted by molar-refractivity contribution is 0.0521. The molecule has 3 nitrogen and oxygen atoms in total. The fourth-order valence-corrected chi connectivity index (χ4v) is 4.56. The van der Waals surface area contributed by atoms with Crippen molar-refractivity contribution in [1.29, 1.82) is 0 Å². The van der Waals surface area contributed by atoms with Gasteiger partial charge < -0.3 is 9.88 Å². The summed E-state index contributed by atoms with van der Waals surface area (Å²) in [6.45, 7) is 6.11. The van der Waals surface area contributed by atoms with Crippen LogP contribution in [0.3, 0.4) is 0 Å². The SMILES string of the molecule is Cc1[nH]c2ccc(C(=O)N3CC[C@H]4CCCC[C@H]4C3)cc2c1C. The molecule has 1 aromatic heterocycles. The fraction of sp³-hybridized carbons (Fsp3) is 0.550. The Balaban J connectivity index is 1.58. The predicted octanol–water partition coefficient (Wildman–Crippen LogP) is 4.44. The van der Waals surface area contributed by atoms with Gasteiger partial charge in [0.05, 0.1) is 0 Å². The molecule has 23 heavy (non-hydrogen) atoms. The number of aromatic amines is 1. The number of fused-ring (bicyclic) bond motifs is 2. The number of hydrogen-bond acceptors (Lipinski definition) is 1. The number of hydrogen-bond donors (Lipinski definition) is 1. The van der Waals surface area contributed by atoms with Crippen LogP contribution < -0.4 is 0 Å². The quantitative estimate of drug-likeness (QED) is 0.830. The standard InChI is InChI=1S/C20H26N2O/c1-13-14(2)21-19-8-7-16(11-18(13)19)20(23)22-10-9-15-5-3-4-6-17(15)12-22/h7-8,11,15,17,21H,3-6,9-10,12H2,1-2H3/t15-,17+/m1/s1. The minimum atomic E-state index is 0.217. The molecule has 2 atom stereocenters. The lowest BCUT2D eigenvalue weighted by Crippen LogP contribution is -2.44. The van der Waals surface area contributed by atoms with Gasteiger partial charge in [-0.05, 0) is 62.3 Å². The summed E-state index contributed by atoms with van der Waals surface area (Å²) in [5.74, 6) is 1.82.